The van der Waals surface area contributed by atoms with Crippen LogP contribution in [0, 0.1) is 0 Å². The molecular weight excluding hydrogens is 396 g/mol. The van der Waals surface area contributed by atoms with E-state index in [0.29, 0.717) is 16.7 Å². The summed E-state index contributed by atoms with van der Waals surface area (Å²) >= 11 is 1.54. The Kier molecular flexibility index (Phi) is 4.88. The predicted molar refractivity (Wildman–Crippen MR) is 119 cm³/mol. The fourth-order valence-electron chi connectivity index (χ4n) is 3.68. The standard InChI is InChI=1S/C23H20N4O2S/c1-3-30-23-25-22-20(26-27-23)17-10-6-7-11-18(17)24-21(29-22)16-12-13-19(28-2)15-9-5-4-8-14(15)16/h4-13,21,24H,3H2,1-2H3/t21-/m1/s1. The lowest BCUT2D eigenvalue weighted by molar-refractivity contribution is 0.226. The Bertz CT molecular complexity index is 1230. The summed E-state index contributed by atoms with van der Waals surface area (Å²) in [4.78, 5) is 4.65. The third-order valence-corrected chi connectivity index (χ3v) is 5.75. The molecule has 30 heavy (non-hydrogen) atoms. The number of nitrogens with zero attached hydrogens (tertiary/aromatic N) is 3. The van der Waals surface area contributed by atoms with Crippen LogP contribution in [0.3, 0.4) is 0 Å². The molecule has 1 N–H and O–H groups in total. The lowest BCUT2D eigenvalue weighted by Crippen LogP contribution is -2.17. The monoisotopic (exact) mass is 416 g/mol. The molecule has 4 aromatic rings. The van der Waals surface area contributed by atoms with Crippen molar-refractivity contribution in [2.75, 3.05) is 18.2 Å². The molecule has 1 aromatic heterocycles. The lowest BCUT2D eigenvalue weighted by atomic mass is 10.0. The highest BCUT2D eigenvalue weighted by Gasteiger charge is 2.27. The average Bonchev–Trinajstić information content (AvgIpc) is 2.95. The van der Waals surface area contributed by atoms with Crippen LogP contribution >= 0.6 is 11.8 Å². The Labute approximate surface area is 178 Å². The van der Waals surface area contributed by atoms with E-state index in [4.69, 9.17) is 9.47 Å². The fourth-order valence-corrected chi connectivity index (χ4v) is 4.18. The van der Waals surface area contributed by atoms with Gasteiger partial charge in [-0.25, -0.2) is 0 Å². The number of benzene rings is 3. The molecule has 0 radical (unpaired) electrons. The maximum absolute atomic E-state index is 6.42. The van der Waals surface area contributed by atoms with E-state index in [2.05, 4.69) is 39.6 Å². The number of thioether (sulfide) groups is 1. The molecule has 0 spiro atoms. The second-order valence-electron chi connectivity index (χ2n) is 6.77. The van der Waals surface area contributed by atoms with Crippen molar-refractivity contribution in [1.82, 2.24) is 15.2 Å². The molecule has 6 nitrogen and oxygen atoms in total. The number of fused-ring (bicyclic) bond motifs is 4. The third-order valence-electron chi connectivity index (χ3n) is 5.03. The van der Waals surface area contributed by atoms with Gasteiger partial charge in [0, 0.05) is 22.2 Å². The van der Waals surface area contributed by atoms with Gasteiger partial charge in [-0.1, -0.05) is 61.2 Å². The van der Waals surface area contributed by atoms with Crippen LogP contribution in [-0.2, 0) is 0 Å². The largest absolute Gasteiger partial charge is 0.496 e. The van der Waals surface area contributed by atoms with Gasteiger partial charge in [0.2, 0.25) is 11.0 Å². The van der Waals surface area contributed by atoms with Gasteiger partial charge in [-0.3, -0.25) is 0 Å². The molecule has 0 fully saturated rings. The van der Waals surface area contributed by atoms with Crippen molar-refractivity contribution >= 4 is 28.2 Å². The van der Waals surface area contributed by atoms with Crippen LogP contribution in [0.25, 0.3) is 22.0 Å². The molecule has 0 amide bonds. The van der Waals surface area contributed by atoms with E-state index in [1.165, 1.54) is 11.8 Å². The minimum Gasteiger partial charge on any atom is -0.496 e. The summed E-state index contributed by atoms with van der Waals surface area (Å²) in [7, 11) is 1.68. The van der Waals surface area contributed by atoms with Crippen LogP contribution < -0.4 is 14.8 Å². The van der Waals surface area contributed by atoms with Crippen molar-refractivity contribution in [2.45, 2.75) is 18.3 Å². The number of rotatable bonds is 4. The van der Waals surface area contributed by atoms with E-state index in [-0.39, 0.29) is 0 Å². The van der Waals surface area contributed by atoms with Crippen molar-refractivity contribution in [3.8, 4) is 22.9 Å². The zero-order valence-corrected chi connectivity index (χ0v) is 17.4. The van der Waals surface area contributed by atoms with Crippen molar-refractivity contribution in [3.63, 3.8) is 0 Å². The summed E-state index contributed by atoms with van der Waals surface area (Å²) in [6.07, 6.45) is -0.445. The Morgan fingerprint density at radius 2 is 1.80 bits per heavy atom. The van der Waals surface area contributed by atoms with Gasteiger partial charge in [-0.15, -0.1) is 10.2 Å². The molecule has 2 heterocycles. The number of hydrogen-bond acceptors (Lipinski definition) is 7. The van der Waals surface area contributed by atoms with Crippen molar-refractivity contribution in [3.05, 3.63) is 66.2 Å². The zero-order chi connectivity index (χ0) is 20.5. The second-order valence-corrected chi connectivity index (χ2v) is 8.00. The molecule has 0 saturated heterocycles. The van der Waals surface area contributed by atoms with Crippen LogP contribution in [0.5, 0.6) is 11.6 Å². The van der Waals surface area contributed by atoms with E-state index in [9.17, 15) is 0 Å². The highest BCUT2D eigenvalue weighted by Crippen LogP contribution is 2.41. The summed E-state index contributed by atoms with van der Waals surface area (Å²) in [5.74, 6) is 2.17. The molecule has 0 unspecified atom stereocenters. The van der Waals surface area contributed by atoms with Crippen molar-refractivity contribution in [2.24, 2.45) is 0 Å². The van der Waals surface area contributed by atoms with Crippen LogP contribution in [0.4, 0.5) is 5.69 Å². The first-order valence-corrected chi connectivity index (χ1v) is 10.7. The summed E-state index contributed by atoms with van der Waals surface area (Å²) in [6.45, 7) is 2.06. The molecule has 5 rings (SSSR count). The number of aromatic nitrogens is 3. The Morgan fingerprint density at radius 3 is 2.63 bits per heavy atom. The zero-order valence-electron chi connectivity index (χ0n) is 16.6. The highest BCUT2D eigenvalue weighted by molar-refractivity contribution is 7.99. The molecule has 1 aliphatic heterocycles. The first-order valence-electron chi connectivity index (χ1n) is 9.74. The molecule has 3 aromatic carbocycles. The van der Waals surface area contributed by atoms with Crippen LogP contribution in [-0.4, -0.2) is 28.0 Å². The van der Waals surface area contributed by atoms with Crippen LogP contribution in [0.2, 0.25) is 0 Å². The molecule has 7 heteroatoms. The molecule has 0 bridgehead atoms. The van der Waals surface area contributed by atoms with Gasteiger partial charge < -0.3 is 14.8 Å². The molecule has 0 saturated carbocycles. The lowest BCUT2D eigenvalue weighted by Gasteiger charge is -2.21. The van der Waals surface area contributed by atoms with Gasteiger partial charge in [0.25, 0.3) is 0 Å². The number of methoxy groups -OCH3 is 1. The number of anilines is 1. The first kappa shape index (κ1) is 18.7. The minimum atomic E-state index is -0.445. The number of nitrogens with one attached hydrogen (secondary N) is 1. The maximum Gasteiger partial charge on any atom is 0.247 e. The van der Waals surface area contributed by atoms with Crippen molar-refractivity contribution < 1.29 is 9.47 Å². The Hall–Kier alpha value is -3.32. The van der Waals surface area contributed by atoms with E-state index in [1.807, 2.05) is 48.5 Å². The van der Waals surface area contributed by atoms with Crippen LogP contribution in [0.15, 0.2) is 65.8 Å². The normalized spacial score (nSPS) is 14.8. The summed E-state index contributed by atoms with van der Waals surface area (Å²) < 4.78 is 12.0. The average molecular weight is 417 g/mol. The smallest absolute Gasteiger partial charge is 0.247 e. The van der Waals surface area contributed by atoms with Crippen LogP contribution in [0.1, 0.15) is 18.7 Å². The van der Waals surface area contributed by atoms with Gasteiger partial charge in [0.1, 0.15) is 5.75 Å². The van der Waals surface area contributed by atoms with E-state index < -0.39 is 6.23 Å². The predicted octanol–water partition coefficient (Wildman–Crippen LogP) is 5.32. The van der Waals surface area contributed by atoms with Gasteiger partial charge in [0.05, 0.1) is 7.11 Å². The fraction of sp³-hybridized carbons (Fsp3) is 0.174. The molecule has 1 aliphatic rings. The Balaban J connectivity index is 1.68. The molecule has 0 aliphatic carbocycles. The first-order chi connectivity index (χ1) is 14.8. The van der Waals surface area contributed by atoms with E-state index in [1.54, 1.807) is 7.11 Å². The topological polar surface area (TPSA) is 69.2 Å². The number of ether oxygens (including phenoxy) is 2. The van der Waals surface area contributed by atoms with Gasteiger partial charge in [-0.2, -0.15) is 4.98 Å². The number of hydrogen-bond donors (Lipinski definition) is 1. The summed E-state index contributed by atoms with van der Waals surface area (Å²) in [5, 5.41) is 14.9. The summed E-state index contributed by atoms with van der Waals surface area (Å²) in [5.41, 5.74) is 3.48. The van der Waals surface area contributed by atoms with Gasteiger partial charge >= 0.3 is 0 Å². The second kappa shape index (κ2) is 7.84. The highest BCUT2D eigenvalue weighted by atomic mass is 32.2. The SMILES string of the molecule is CCSc1nnc2c(n1)O[C@H](c1ccc(OC)c3ccccc13)Nc1ccccc1-2. The van der Waals surface area contributed by atoms with Gasteiger partial charge in [0.15, 0.2) is 11.9 Å². The van der Waals surface area contributed by atoms with E-state index in [0.717, 1.165) is 39.1 Å². The Morgan fingerprint density at radius 1 is 1.00 bits per heavy atom. The minimum absolute atomic E-state index is 0.445. The molecule has 150 valence electrons. The molecular formula is C23H20N4O2S. The summed E-state index contributed by atoms with van der Waals surface area (Å²) in [6, 6.07) is 20.1. The van der Waals surface area contributed by atoms with Crippen molar-refractivity contribution in [1.29, 1.82) is 0 Å². The quantitative estimate of drug-likeness (QED) is 0.452. The maximum atomic E-state index is 6.42. The van der Waals surface area contributed by atoms with E-state index >= 15 is 0 Å². The van der Waals surface area contributed by atoms with Gasteiger partial charge in [-0.05, 0) is 29.3 Å². The molecule has 1 atom stereocenters. The number of para-hydroxylation sites is 1. The third kappa shape index (κ3) is 3.21.